The second-order valence-corrected chi connectivity index (χ2v) is 9.16. The van der Waals surface area contributed by atoms with E-state index in [2.05, 4.69) is 10.4 Å². The molecule has 1 atom stereocenters. The van der Waals surface area contributed by atoms with Gasteiger partial charge in [-0.05, 0) is 49.6 Å². The Kier molecular flexibility index (Phi) is 7.77. The molecule has 3 rings (SSSR count). The summed E-state index contributed by atoms with van der Waals surface area (Å²) in [5.41, 5.74) is 16.5. The van der Waals surface area contributed by atoms with E-state index < -0.39 is 28.9 Å². The van der Waals surface area contributed by atoms with Crippen LogP contribution in [0.1, 0.15) is 49.4 Å². The number of nitrogens with zero attached hydrogens (tertiary/aromatic N) is 3. The summed E-state index contributed by atoms with van der Waals surface area (Å²) in [6.07, 6.45) is -2.23. The fourth-order valence-corrected chi connectivity index (χ4v) is 4.38. The van der Waals surface area contributed by atoms with E-state index in [-0.39, 0.29) is 39.9 Å². The molecule has 0 saturated carbocycles. The van der Waals surface area contributed by atoms with Gasteiger partial charge in [-0.15, -0.1) is 0 Å². The quantitative estimate of drug-likeness (QED) is 0.421. The fourth-order valence-electron chi connectivity index (χ4n) is 4.38. The van der Waals surface area contributed by atoms with Gasteiger partial charge in [0, 0.05) is 51.1 Å². The number of halogens is 3. The highest BCUT2D eigenvalue weighted by molar-refractivity contribution is 5.76. The lowest BCUT2D eigenvalue weighted by Crippen LogP contribution is -2.49. The average Bonchev–Trinajstić information content (AvgIpc) is 2.83. The molecule has 1 fully saturated rings. The van der Waals surface area contributed by atoms with Gasteiger partial charge in [-0.25, -0.2) is 4.68 Å². The number of benzene rings is 1. The Bertz CT molecular complexity index is 1270. The number of rotatable bonds is 6. The molecule has 10 nitrogen and oxygen atoms in total. The van der Waals surface area contributed by atoms with E-state index in [1.54, 1.807) is 11.8 Å². The van der Waals surface area contributed by atoms with E-state index in [0.717, 1.165) is 16.8 Å². The van der Waals surface area contributed by atoms with E-state index in [1.165, 1.54) is 33.2 Å². The zero-order valence-electron chi connectivity index (χ0n) is 21.1. The van der Waals surface area contributed by atoms with Crippen LogP contribution in [0.5, 0.6) is 0 Å². The van der Waals surface area contributed by atoms with Crippen LogP contribution in [0, 0.1) is 0 Å². The Morgan fingerprint density at radius 2 is 1.86 bits per heavy atom. The van der Waals surface area contributed by atoms with Crippen molar-refractivity contribution in [3.05, 3.63) is 50.9 Å². The highest BCUT2D eigenvalue weighted by Gasteiger charge is 2.38. The maximum absolute atomic E-state index is 13.3. The van der Waals surface area contributed by atoms with Crippen molar-refractivity contribution in [3.63, 3.8) is 0 Å². The van der Waals surface area contributed by atoms with Gasteiger partial charge in [0.15, 0.2) is 5.82 Å². The molecule has 1 aliphatic rings. The summed E-state index contributed by atoms with van der Waals surface area (Å²) < 4.78 is 46.7. The zero-order valence-corrected chi connectivity index (χ0v) is 21.1. The van der Waals surface area contributed by atoms with Crippen LogP contribution in [-0.4, -0.2) is 46.4 Å². The molecule has 1 saturated heterocycles. The van der Waals surface area contributed by atoms with Crippen molar-refractivity contribution in [2.24, 2.45) is 12.8 Å². The van der Waals surface area contributed by atoms with E-state index in [9.17, 15) is 22.8 Å². The third-order valence-corrected chi connectivity index (χ3v) is 6.71. The van der Waals surface area contributed by atoms with E-state index in [0.29, 0.717) is 25.9 Å². The number of anilines is 3. The van der Waals surface area contributed by atoms with E-state index in [4.69, 9.17) is 21.9 Å². The van der Waals surface area contributed by atoms with Crippen LogP contribution in [0.2, 0.25) is 0 Å². The first-order valence-electron chi connectivity index (χ1n) is 11.6. The molecule has 37 heavy (non-hydrogen) atoms. The number of aromatic nitrogens is 2. The van der Waals surface area contributed by atoms with Gasteiger partial charge in [-0.2, -0.15) is 18.3 Å². The predicted octanol–water partition coefficient (Wildman–Crippen LogP) is 2.46. The second-order valence-electron chi connectivity index (χ2n) is 9.16. The molecular weight excluding hydrogens is 491 g/mol. The Morgan fingerprint density at radius 3 is 2.41 bits per heavy atom. The molecule has 0 unspecified atom stereocenters. The third kappa shape index (κ3) is 5.82. The molecule has 2 aromatic rings. The number of nitrogen functional groups attached to an aromatic ring is 2. The Balaban J connectivity index is 2.02. The summed E-state index contributed by atoms with van der Waals surface area (Å²) in [6.45, 7) is 3.98. The number of alkyl halides is 3. The summed E-state index contributed by atoms with van der Waals surface area (Å²) in [7, 11) is 2.91. The first-order valence-corrected chi connectivity index (χ1v) is 11.6. The molecule has 0 bridgehead atoms. The van der Waals surface area contributed by atoms with Crippen molar-refractivity contribution in [2.45, 2.75) is 44.5 Å². The van der Waals surface area contributed by atoms with Gasteiger partial charge in [0.05, 0.1) is 11.6 Å². The minimum absolute atomic E-state index is 0.0466. The molecule has 13 heteroatoms. The molecule has 0 radical (unpaired) electrons. The number of hydrogen-bond acceptors (Lipinski definition) is 8. The van der Waals surface area contributed by atoms with Crippen LogP contribution < -0.4 is 28.1 Å². The summed E-state index contributed by atoms with van der Waals surface area (Å²) in [5.74, 6) is 0.0846. The minimum atomic E-state index is -4.57. The number of likely N-dealkylation sites (tertiary alicyclic amines) is 1. The molecule has 0 spiro atoms. The minimum Gasteiger partial charge on any atom is -0.400 e. The van der Waals surface area contributed by atoms with Crippen LogP contribution in [-0.2, 0) is 22.8 Å². The summed E-state index contributed by atoms with van der Waals surface area (Å²) in [5, 5.41) is 7.28. The summed E-state index contributed by atoms with van der Waals surface area (Å²) in [4.78, 5) is 26.0. The molecule has 202 valence electrons. The second kappa shape index (κ2) is 10.3. The van der Waals surface area contributed by atoms with Gasteiger partial charge < -0.3 is 32.2 Å². The van der Waals surface area contributed by atoms with Crippen molar-refractivity contribution in [1.29, 1.82) is 0 Å². The molecular formula is C24H32F3N7O3. The summed E-state index contributed by atoms with van der Waals surface area (Å²) in [6, 6.07) is 2.57. The van der Waals surface area contributed by atoms with Gasteiger partial charge in [-0.3, -0.25) is 9.59 Å². The number of methoxy groups -OCH3 is 1. The lowest BCUT2D eigenvalue weighted by molar-refractivity contribution is -0.137. The van der Waals surface area contributed by atoms with E-state index in [1.807, 2.05) is 0 Å². The first-order chi connectivity index (χ1) is 17.2. The Labute approximate surface area is 212 Å². The van der Waals surface area contributed by atoms with Crippen LogP contribution in [0.15, 0.2) is 28.7 Å². The number of carbonyl (C=O) groups is 1. The smallest absolute Gasteiger partial charge is 0.400 e. The monoisotopic (exact) mass is 523 g/mol. The lowest BCUT2D eigenvalue weighted by Gasteiger charge is -2.41. The topological polar surface area (TPSA) is 155 Å². The number of nitrogens with two attached hydrogens (primary N) is 3. The van der Waals surface area contributed by atoms with Crippen LogP contribution in [0.3, 0.4) is 0 Å². The fraction of sp³-hybridized carbons (Fsp3) is 0.458. The van der Waals surface area contributed by atoms with Crippen molar-refractivity contribution in [2.75, 3.05) is 37.0 Å². The Hall–Kier alpha value is -3.74. The average molecular weight is 524 g/mol. The van der Waals surface area contributed by atoms with Gasteiger partial charge in [0.2, 0.25) is 5.91 Å². The van der Waals surface area contributed by atoms with Gasteiger partial charge in [0.25, 0.3) is 5.56 Å². The molecule has 1 aromatic heterocycles. The molecule has 0 aliphatic carbocycles. The number of amides is 1. The van der Waals surface area contributed by atoms with Crippen molar-refractivity contribution >= 4 is 29.2 Å². The molecule has 2 heterocycles. The highest BCUT2D eigenvalue weighted by atomic mass is 19.4. The number of ether oxygens (including phenoxy) is 1. The first kappa shape index (κ1) is 27.8. The number of piperidine rings is 1. The Morgan fingerprint density at radius 1 is 1.24 bits per heavy atom. The number of aryl methyl sites for hydroxylation is 1. The standard InChI is InChI=1S/C24H32F3N7O3/c1-13(15-9-16(24(25,26)27)11-17(28)10-15)31-21-18(20(30)22(36)33(3)32-21)12-19(29)23(37-4)5-7-34(8-6-23)14(2)35/h9-13H,5-8,28-30H2,1-4H3,(H,31,32)/b19-12-/t13-/m1/s1. The number of hydrogen-bond donors (Lipinski definition) is 4. The van der Waals surface area contributed by atoms with Gasteiger partial charge in [0.1, 0.15) is 11.3 Å². The number of carbonyl (C=O) groups excluding carboxylic acids is 1. The maximum atomic E-state index is 13.3. The highest BCUT2D eigenvalue weighted by Crippen LogP contribution is 2.35. The van der Waals surface area contributed by atoms with Gasteiger partial charge >= 0.3 is 6.18 Å². The number of nitrogens with one attached hydrogen (secondary N) is 1. The third-order valence-electron chi connectivity index (χ3n) is 6.71. The van der Waals surface area contributed by atoms with Gasteiger partial charge in [-0.1, -0.05) is 0 Å². The molecule has 1 amide bonds. The lowest BCUT2D eigenvalue weighted by atomic mass is 9.87. The van der Waals surface area contributed by atoms with Crippen molar-refractivity contribution in [3.8, 4) is 0 Å². The maximum Gasteiger partial charge on any atom is 0.416 e. The molecule has 1 aromatic carbocycles. The molecule has 7 N–H and O–H groups in total. The van der Waals surface area contributed by atoms with Crippen LogP contribution in [0.25, 0.3) is 6.08 Å². The zero-order chi connectivity index (χ0) is 27.7. The van der Waals surface area contributed by atoms with Crippen LogP contribution in [0.4, 0.5) is 30.4 Å². The summed E-state index contributed by atoms with van der Waals surface area (Å²) >= 11 is 0. The van der Waals surface area contributed by atoms with Crippen molar-refractivity contribution < 1.29 is 22.7 Å². The van der Waals surface area contributed by atoms with E-state index >= 15 is 0 Å². The predicted molar refractivity (Wildman–Crippen MR) is 135 cm³/mol. The van der Waals surface area contributed by atoms with Crippen LogP contribution >= 0.6 is 0 Å². The largest absolute Gasteiger partial charge is 0.416 e. The molecule has 1 aliphatic heterocycles. The normalized spacial score (nSPS) is 16.9. The van der Waals surface area contributed by atoms with Crippen molar-refractivity contribution in [1.82, 2.24) is 14.7 Å². The SMILES string of the molecule is COC1(/C(N)=C/c2c(N[C@H](C)c3cc(N)cc(C(F)(F)F)c3)nn(C)c(=O)c2N)CCN(C(C)=O)CC1.